The van der Waals surface area contributed by atoms with Crippen LogP contribution in [0.3, 0.4) is 0 Å². The second kappa shape index (κ2) is 2120. The molecule has 0 aromatic rings. The Labute approximate surface area is 42.4 Å². The molecule has 0 nitrogen and oxygen atoms in total. The van der Waals surface area contributed by atoms with E-state index in [1.54, 1.807) is 0 Å². The van der Waals surface area contributed by atoms with Crippen molar-refractivity contribution in [3.63, 3.8) is 0 Å². The maximum absolute atomic E-state index is 0. The van der Waals surface area contributed by atoms with Crippen LogP contribution in [0.1, 0.15) is 0 Å². The molecule has 0 saturated heterocycles. The molecule has 0 amide bonds. The molecule has 6 heteroatoms. The molecule has 6 heavy (non-hydrogen) atoms. The van der Waals surface area contributed by atoms with Crippen molar-refractivity contribution in [2.75, 3.05) is 0 Å². The van der Waals surface area contributed by atoms with Crippen molar-refractivity contribution in [3.8, 4) is 0 Å². The van der Waals surface area contributed by atoms with Crippen molar-refractivity contribution in [2.45, 2.75) is 0 Å². The summed E-state index contributed by atoms with van der Waals surface area (Å²) in [5.41, 5.74) is 0. The van der Waals surface area contributed by atoms with Crippen molar-refractivity contribution in [2.24, 2.45) is 0 Å². The summed E-state index contributed by atoms with van der Waals surface area (Å²) in [5, 5.41) is 0. The van der Waals surface area contributed by atoms with Crippen LogP contribution in [0.4, 0.5) is 23.5 Å². The van der Waals surface area contributed by atoms with Gasteiger partial charge in [-0.15, -0.1) is 0 Å². The molecule has 0 atom stereocenters. The third kappa shape index (κ3) is 997. The first-order valence-electron chi connectivity index (χ1n) is 0. The molecule has 45 valence electrons. The van der Waals surface area contributed by atoms with E-state index in [9.17, 15) is 0 Å². The van der Waals surface area contributed by atoms with Crippen LogP contribution >= 0.6 is 0 Å². The maximum Gasteiger partial charge on any atom is 0 e. The Morgan fingerprint density at radius 3 is 0.333 bits per heavy atom. The number of hydrogen-bond acceptors (Lipinski definition) is 0. The second-order valence-corrected chi connectivity index (χ2v) is 0. The van der Waals surface area contributed by atoms with E-state index in [2.05, 4.69) is 0 Å². The van der Waals surface area contributed by atoms with Gasteiger partial charge in [-0.3, -0.25) is 23.5 Å². The van der Waals surface area contributed by atoms with Crippen molar-refractivity contribution in [1.29, 1.82) is 0 Å². The van der Waals surface area contributed by atoms with E-state index in [0.29, 0.717) is 0 Å². The maximum atomic E-state index is 0. The topological polar surface area (TPSA) is 0 Å². The zero-order valence-corrected chi connectivity index (χ0v) is 4.37. The molecule has 0 saturated carbocycles. The fraction of sp³-hybridized carbons (Fsp3) is 0. The third-order valence-corrected chi connectivity index (χ3v) is 0. The van der Waals surface area contributed by atoms with E-state index in [1.165, 1.54) is 0 Å². The summed E-state index contributed by atoms with van der Waals surface area (Å²) in [4.78, 5) is 0. The van der Waals surface area contributed by atoms with Crippen molar-refractivity contribution >= 4 is 18.0 Å². The van der Waals surface area contributed by atoms with Crippen molar-refractivity contribution in [3.05, 3.63) is 0 Å². The summed E-state index contributed by atoms with van der Waals surface area (Å²) in [7, 11) is 0. The van der Waals surface area contributed by atoms with Crippen LogP contribution in [0.2, 0.25) is 0 Å². The molecule has 0 fully saturated rings. The van der Waals surface area contributed by atoms with E-state index in [1.807, 2.05) is 0 Å². The molecule has 0 spiro atoms. The van der Waals surface area contributed by atoms with Gasteiger partial charge in [-0.1, -0.05) is 0 Å². The van der Waals surface area contributed by atoms with Gasteiger partial charge in [-0.25, -0.2) is 0 Å². The summed E-state index contributed by atoms with van der Waals surface area (Å²) >= 11 is 0. The van der Waals surface area contributed by atoms with Crippen LogP contribution in [0, 0.1) is 0 Å². The molecular formula is H5AsF5. The van der Waals surface area contributed by atoms with E-state index in [0.717, 1.165) is 0 Å². The fourth-order valence-electron chi connectivity index (χ4n) is 0. The molecule has 0 aromatic carbocycles. The molecule has 0 unspecified atom stereocenters. The molecule has 0 aliphatic carbocycles. The Morgan fingerprint density at radius 2 is 0.333 bits per heavy atom. The predicted octanol–water partition coefficient (Wildman–Crippen LogP) is 0.382. The van der Waals surface area contributed by atoms with Crippen LogP contribution in [-0.2, 0) is 0 Å². The molecule has 0 bridgehead atoms. The first-order chi connectivity index (χ1) is 0. The average molecular weight is 175 g/mol. The van der Waals surface area contributed by atoms with Gasteiger partial charge < -0.3 is 0 Å². The van der Waals surface area contributed by atoms with Gasteiger partial charge in [0, 0.05) is 18.0 Å². The first kappa shape index (κ1) is 3880. The van der Waals surface area contributed by atoms with Crippen LogP contribution in [0.5, 0.6) is 0 Å². The number of halogens is 5. The molecule has 0 aliphatic rings. The van der Waals surface area contributed by atoms with Crippen LogP contribution < -0.4 is 0 Å². The Balaban J connectivity index is 0. The third-order valence-electron chi connectivity index (χ3n) is 0. The largest absolute Gasteiger partial charge is 0.269 e. The van der Waals surface area contributed by atoms with Gasteiger partial charge in [0.05, 0.1) is 0 Å². The second-order valence-electron chi connectivity index (χ2n) is 0. The minimum atomic E-state index is 0. The van der Waals surface area contributed by atoms with Gasteiger partial charge in [-0.2, -0.15) is 0 Å². The van der Waals surface area contributed by atoms with Gasteiger partial charge in [-0.05, 0) is 0 Å². The Bertz CT molecular complexity index is 3.90. The van der Waals surface area contributed by atoms with Crippen molar-refractivity contribution < 1.29 is 23.5 Å². The predicted molar refractivity (Wildman–Crippen MR) is 18.3 cm³/mol. The molecule has 0 aliphatic heterocycles. The molecular weight excluding hydrogens is 170 g/mol. The summed E-state index contributed by atoms with van der Waals surface area (Å²) in [5.74, 6) is 0. The zero-order valence-electron chi connectivity index (χ0n) is 2.49. The van der Waals surface area contributed by atoms with Gasteiger partial charge in [0.15, 0.2) is 0 Å². The van der Waals surface area contributed by atoms with Crippen molar-refractivity contribution in [1.82, 2.24) is 0 Å². The Morgan fingerprint density at radius 1 is 0.333 bits per heavy atom. The SMILES string of the molecule is F.F.F.F.F.[As]. The Hall–Kier alpha value is 0.208. The summed E-state index contributed by atoms with van der Waals surface area (Å²) in [6.45, 7) is 0. The number of rotatable bonds is 0. The van der Waals surface area contributed by atoms with Gasteiger partial charge in [0.1, 0.15) is 0 Å². The van der Waals surface area contributed by atoms with E-state index in [4.69, 9.17) is 0 Å². The van der Waals surface area contributed by atoms with E-state index >= 15 is 0 Å². The van der Waals surface area contributed by atoms with Crippen LogP contribution in [0.25, 0.3) is 0 Å². The molecule has 0 heterocycles. The van der Waals surface area contributed by atoms with E-state index in [-0.39, 0.29) is 41.5 Å². The van der Waals surface area contributed by atoms with Gasteiger partial charge in [0.25, 0.3) is 0 Å². The van der Waals surface area contributed by atoms with E-state index < -0.39 is 0 Å². The fourth-order valence-corrected chi connectivity index (χ4v) is 0. The summed E-state index contributed by atoms with van der Waals surface area (Å²) in [6, 6.07) is 0. The normalized spacial score (nSPS) is 0. The minimum Gasteiger partial charge on any atom is -0.269 e. The number of hydrogen-bond donors (Lipinski definition) is 0. The van der Waals surface area contributed by atoms with Gasteiger partial charge in [0.2, 0.25) is 0 Å². The first-order valence-corrected chi connectivity index (χ1v) is 0. The van der Waals surface area contributed by atoms with Crippen LogP contribution in [0.15, 0.2) is 0 Å². The monoisotopic (exact) mass is 175 g/mol. The molecule has 0 rings (SSSR count). The zero-order chi connectivity index (χ0) is 0. The summed E-state index contributed by atoms with van der Waals surface area (Å²) < 4.78 is 0. The molecule has 3 radical (unpaired) electrons. The molecule has 0 N–H and O–H groups in total. The Kier molecular flexibility index (Phi) is 1370000. The van der Waals surface area contributed by atoms with Crippen LogP contribution in [-0.4, -0.2) is 18.0 Å². The minimum absolute atomic E-state index is 0. The average Bonchev–Trinajstić information content (AvgIpc) is 0. The van der Waals surface area contributed by atoms with Gasteiger partial charge >= 0.3 is 0 Å². The molecule has 0 aromatic heterocycles. The quantitative estimate of drug-likeness (QED) is 0.368. The summed E-state index contributed by atoms with van der Waals surface area (Å²) in [6.07, 6.45) is 0. The smallest absolute Gasteiger partial charge is 0 e. The standard InChI is InChI=1S/As.5FH/h;5*1H.